The number of para-hydroxylation sites is 4. The highest BCUT2D eigenvalue weighted by Gasteiger charge is 2.47. The fourth-order valence-corrected chi connectivity index (χ4v) is 19.8. The second-order valence-electron chi connectivity index (χ2n) is 35.0. The number of fused-ring (bicyclic) bond motifs is 13. The van der Waals surface area contributed by atoms with Gasteiger partial charge < -0.3 is 23.2 Å². The van der Waals surface area contributed by atoms with E-state index >= 15 is 0 Å². The van der Waals surface area contributed by atoms with Crippen LogP contribution < -0.4 is 26.2 Å². The number of benzene rings is 18. The van der Waals surface area contributed by atoms with Crippen LogP contribution in [0.4, 0.5) is 34.1 Å². The highest BCUT2D eigenvalue weighted by Crippen LogP contribution is 2.58. The fraction of sp³-hybridized carbons (Fsp3) is 0.0690. The van der Waals surface area contributed by atoms with Gasteiger partial charge in [0.25, 0.3) is 6.71 Å². The van der Waals surface area contributed by atoms with Crippen molar-refractivity contribution in [2.45, 2.75) is 52.4 Å². The van der Waals surface area contributed by atoms with Crippen LogP contribution in [-0.2, 0) is 10.8 Å². The van der Waals surface area contributed by atoms with Crippen molar-refractivity contribution in [2.24, 2.45) is 0 Å². The lowest BCUT2D eigenvalue weighted by atomic mass is 9.33. The Morgan fingerprint density at radius 1 is 0.238 bits per heavy atom. The summed E-state index contributed by atoms with van der Waals surface area (Å²) < 4.78 is 17.6. The number of nitrogens with zero attached hydrogens (tertiary/aromatic N) is 3. The smallest absolute Gasteiger partial charge is 0.252 e. The first-order chi connectivity index (χ1) is 59.8. The molecule has 0 saturated heterocycles. The Morgan fingerprint density at radius 3 is 0.992 bits per heavy atom. The highest BCUT2D eigenvalue weighted by molar-refractivity contribution is 7.00. The van der Waals surface area contributed by atoms with Gasteiger partial charge in [0.1, 0.15) is 22.3 Å². The van der Waals surface area contributed by atoms with Crippen molar-refractivity contribution < 1.29 is 8.83 Å². The van der Waals surface area contributed by atoms with Crippen LogP contribution in [0.2, 0.25) is 0 Å². The van der Waals surface area contributed by atoms with Crippen LogP contribution >= 0.6 is 0 Å². The van der Waals surface area contributed by atoms with Crippen LogP contribution in [0.1, 0.15) is 52.7 Å². The number of hydrogen-bond donors (Lipinski definition) is 0. The zero-order valence-electron chi connectivity index (χ0n) is 68.8. The molecule has 2 aliphatic rings. The lowest BCUT2D eigenvalue weighted by Crippen LogP contribution is -2.61. The molecule has 0 radical (unpaired) electrons. The van der Waals surface area contributed by atoms with E-state index in [1.165, 1.54) is 27.4 Å². The van der Waals surface area contributed by atoms with Crippen LogP contribution in [0, 0.1) is 0 Å². The molecule has 0 fully saturated rings. The topological polar surface area (TPSA) is 37.7 Å². The van der Waals surface area contributed by atoms with E-state index in [0.29, 0.717) is 0 Å². The molecule has 0 saturated carbocycles. The van der Waals surface area contributed by atoms with Gasteiger partial charge >= 0.3 is 0 Å². The molecule has 0 spiro atoms. The molecule has 0 unspecified atom stereocenters. The first-order valence-electron chi connectivity index (χ1n) is 42.5. The summed E-state index contributed by atoms with van der Waals surface area (Å²) >= 11 is 0. The molecular weight excluding hydrogens is 1480 g/mol. The second kappa shape index (κ2) is 28.4. The SMILES string of the molecule is CC(C)(C)c1cc(-c2cccc(-c3ccccc3)c2)c(N2c3ccc(-c4cccc(-c5ccccc5)c4)cc3B3c4cc(-c5cccc(-c6ccccc6)c5)ccc4N(c4c(-c5cccc(-c6ccccc6)c5)cc(C(C)(C)C)c5oc6ccccc6c45)c4cc(-c5ccc6c(c5)c5ccccc5n6-c5ccccc5)cc2c43)c2c1oc1ccccc12. The molecule has 0 aliphatic carbocycles. The van der Waals surface area contributed by atoms with Crippen LogP contribution in [0.3, 0.4) is 0 Å². The lowest BCUT2D eigenvalue weighted by Gasteiger charge is -2.46. The largest absolute Gasteiger partial charge is 0.456 e. The fourth-order valence-electron chi connectivity index (χ4n) is 19.8. The van der Waals surface area contributed by atoms with Gasteiger partial charge in [-0.3, -0.25) is 0 Å². The molecule has 18 aromatic carbocycles. The Balaban J connectivity index is 0.914. The second-order valence-corrected chi connectivity index (χ2v) is 35.0. The minimum Gasteiger partial charge on any atom is -0.456 e. The molecule has 5 nitrogen and oxygen atoms in total. The van der Waals surface area contributed by atoms with Crippen molar-refractivity contribution in [3.05, 3.63) is 412 Å². The standard InChI is InChI=1S/C116H84BN3O2/c1-115(2,3)96-71-93(86-46-30-42-79(64-86)75-36-16-9-17-37-75)111(108-91-51-23-26-54-106(91)121-113(96)108)119-102-60-57-84(81-44-28-40-77(62-81)73-32-12-7-13-33-73)67-98(102)117-99-68-85(82-45-29-41-78(63-82)74-34-14-8-15-35-74)58-61-103(99)120(105-70-88(69-104(119)110(105)117)83-56-59-101-95(66-83)90-50-22-25-53-100(90)118(101)89-48-20-11-21-49-89)112-94(87-47-31-43-80(65-87)76-38-18-10-19-39-76)72-97(116(4,5)6)114-109(112)92-52-24-27-55-107(92)122-114/h7-72H,1-6H3. The maximum atomic E-state index is 7.57. The summed E-state index contributed by atoms with van der Waals surface area (Å²) in [7, 11) is 0. The Bertz CT molecular complexity index is 7400. The quantitative estimate of drug-likeness (QED) is 0.114. The minimum atomic E-state index is -0.391. The summed E-state index contributed by atoms with van der Waals surface area (Å²) in [6.45, 7) is 13.6. The van der Waals surface area contributed by atoms with Gasteiger partial charge in [0, 0.05) is 72.2 Å². The third-order valence-corrected chi connectivity index (χ3v) is 25.6. The molecule has 578 valence electrons. The van der Waals surface area contributed by atoms with Gasteiger partial charge in [-0.1, -0.05) is 339 Å². The number of furan rings is 2. The minimum absolute atomic E-state index is 0.377. The Labute approximate surface area is 711 Å². The summed E-state index contributed by atoms with van der Waals surface area (Å²) in [6.07, 6.45) is 0. The third kappa shape index (κ3) is 11.9. The molecule has 0 atom stereocenters. The average molecular weight is 1560 g/mol. The molecule has 5 heterocycles. The normalized spacial score (nSPS) is 12.6. The molecule has 0 bridgehead atoms. The molecule has 6 heteroatoms. The predicted molar refractivity (Wildman–Crippen MR) is 516 cm³/mol. The van der Waals surface area contributed by atoms with Gasteiger partial charge in [-0.2, -0.15) is 0 Å². The number of rotatable bonds is 12. The molecule has 21 aromatic rings. The van der Waals surface area contributed by atoms with Gasteiger partial charge in [0.2, 0.25) is 0 Å². The number of hydrogen-bond acceptors (Lipinski definition) is 4. The average Bonchev–Trinajstić information content (AvgIpc) is 1.10. The van der Waals surface area contributed by atoms with Crippen LogP contribution in [0.5, 0.6) is 0 Å². The molecule has 0 N–H and O–H groups in total. The van der Waals surface area contributed by atoms with Gasteiger partial charge in [0.15, 0.2) is 0 Å². The van der Waals surface area contributed by atoms with E-state index in [4.69, 9.17) is 8.83 Å². The van der Waals surface area contributed by atoms with E-state index in [0.717, 1.165) is 206 Å². The molecule has 3 aromatic heterocycles. The summed E-state index contributed by atoms with van der Waals surface area (Å²) in [6, 6.07) is 149. The van der Waals surface area contributed by atoms with Gasteiger partial charge in [-0.15, -0.1) is 0 Å². The first kappa shape index (κ1) is 72.3. The number of anilines is 6. The van der Waals surface area contributed by atoms with Gasteiger partial charge in [-0.25, -0.2) is 0 Å². The van der Waals surface area contributed by atoms with E-state index in [9.17, 15) is 0 Å². The highest BCUT2D eigenvalue weighted by atomic mass is 16.3. The van der Waals surface area contributed by atoms with Gasteiger partial charge in [0.05, 0.1) is 33.2 Å². The zero-order valence-corrected chi connectivity index (χ0v) is 68.8. The van der Waals surface area contributed by atoms with Crippen molar-refractivity contribution in [3.8, 4) is 106 Å². The monoisotopic (exact) mass is 1560 g/mol. The van der Waals surface area contributed by atoms with Crippen LogP contribution in [0.15, 0.2) is 409 Å². The van der Waals surface area contributed by atoms with Crippen molar-refractivity contribution in [2.75, 3.05) is 9.80 Å². The molecule has 23 rings (SSSR count). The summed E-state index contributed by atoms with van der Waals surface area (Å²) in [5.41, 5.74) is 38.2. The van der Waals surface area contributed by atoms with E-state index in [1.54, 1.807) is 0 Å². The molecule has 122 heavy (non-hydrogen) atoms. The molecular formula is C116H84BN3O2. The van der Waals surface area contributed by atoms with E-state index < -0.39 is 6.71 Å². The predicted octanol–water partition coefficient (Wildman–Crippen LogP) is 30.3. The summed E-state index contributed by atoms with van der Waals surface area (Å²) in [5.74, 6) is 0. The summed E-state index contributed by atoms with van der Waals surface area (Å²) in [4.78, 5) is 5.40. The lowest BCUT2D eigenvalue weighted by molar-refractivity contribution is 0.572. The van der Waals surface area contributed by atoms with Crippen molar-refractivity contribution in [1.82, 2.24) is 4.57 Å². The molecule has 0 amide bonds. The van der Waals surface area contributed by atoms with E-state index in [2.05, 4.69) is 456 Å². The Hall–Kier alpha value is -15.0. The first-order valence-corrected chi connectivity index (χ1v) is 42.5. The van der Waals surface area contributed by atoms with E-state index in [1.807, 2.05) is 0 Å². The summed E-state index contributed by atoms with van der Waals surface area (Å²) in [5, 5.41) is 6.52. The van der Waals surface area contributed by atoms with Crippen LogP contribution in [0.25, 0.3) is 172 Å². The van der Waals surface area contributed by atoms with Gasteiger partial charge in [-0.05, 0) is 219 Å². The van der Waals surface area contributed by atoms with Crippen LogP contribution in [-0.4, -0.2) is 11.3 Å². The van der Waals surface area contributed by atoms with Crippen molar-refractivity contribution in [3.63, 3.8) is 0 Å². The number of aromatic nitrogens is 1. The Morgan fingerprint density at radius 2 is 0.566 bits per heavy atom. The Kier molecular flexibility index (Phi) is 16.8. The molecule has 2 aliphatic heterocycles. The maximum absolute atomic E-state index is 7.57. The van der Waals surface area contributed by atoms with Crippen molar-refractivity contribution in [1.29, 1.82) is 0 Å². The third-order valence-electron chi connectivity index (χ3n) is 25.6. The zero-order chi connectivity index (χ0) is 81.6. The van der Waals surface area contributed by atoms with Crippen molar-refractivity contribution >= 4 is 123 Å². The maximum Gasteiger partial charge on any atom is 0.252 e. The van der Waals surface area contributed by atoms with E-state index in [-0.39, 0.29) is 10.8 Å².